The molecule has 1 heterocycles. The first-order valence-electron chi connectivity index (χ1n) is 4.33. The molecule has 0 aliphatic carbocycles. The van der Waals surface area contributed by atoms with Crippen LogP contribution in [-0.4, -0.2) is 16.3 Å². The normalized spacial score (nSPS) is 9.93. The van der Waals surface area contributed by atoms with Crippen LogP contribution in [0.2, 0.25) is 5.15 Å². The molecule has 0 spiro atoms. The van der Waals surface area contributed by atoms with E-state index in [1.807, 2.05) is 6.07 Å². The SMILES string of the molecule is O=Cc1cccc(-c2nccnc2Cl)c1. The number of hydrogen-bond acceptors (Lipinski definition) is 3. The van der Waals surface area contributed by atoms with Gasteiger partial charge in [0.05, 0.1) is 0 Å². The first-order valence-corrected chi connectivity index (χ1v) is 4.71. The van der Waals surface area contributed by atoms with Crippen molar-refractivity contribution in [3.8, 4) is 11.3 Å². The Labute approximate surface area is 91.8 Å². The molecule has 15 heavy (non-hydrogen) atoms. The lowest BCUT2D eigenvalue weighted by Crippen LogP contribution is -1.88. The van der Waals surface area contributed by atoms with Crippen molar-refractivity contribution in [1.82, 2.24) is 9.97 Å². The summed E-state index contributed by atoms with van der Waals surface area (Å²) in [6.07, 6.45) is 3.87. The second kappa shape index (κ2) is 4.19. The minimum Gasteiger partial charge on any atom is -0.298 e. The van der Waals surface area contributed by atoms with Gasteiger partial charge in [0, 0.05) is 23.5 Å². The second-order valence-electron chi connectivity index (χ2n) is 2.94. The van der Waals surface area contributed by atoms with Gasteiger partial charge < -0.3 is 0 Å². The molecule has 2 rings (SSSR count). The summed E-state index contributed by atoms with van der Waals surface area (Å²) >= 11 is 5.89. The molecular formula is C11H7ClN2O. The number of carbonyl (C=O) groups excluding carboxylic acids is 1. The molecule has 1 aromatic heterocycles. The minimum absolute atomic E-state index is 0.334. The van der Waals surface area contributed by atoms with Crippen LogP contribution < -0.4 is 0 Å². The van der Waals surface area contributed by atoms with Gasteiger partial charge in [0.2, 0.25) is 0 Å². The summed E-state index contributed by atoms with van der Waals surface area (Å²) in [5.74, 6) is 0. The summed E-state index contributed by atoms with van der Waals surface area (Å²) in [7, 11) is 0. The van der Waals surface area contributed by atoms with E-state index in [0.717, 1.165) is 11.8 Å². The van der Waals surface area contributed by atoms with Gasteiger partial charge in [0.25, 0.3) is 0 Å². The number of nitrogens with zero attached hydrogens (tertiary/aromatic N) is 2. The molecule has 0 amide bonds. The van der Waals surface area contributed by atoms with E-state index in [-0.39, 0.29) is 0 Å². The van der Waals surface area contributed by atoms with Crippen molar-refractivity contribution in [1.29, 1.82) is 0 Å². The summed E-state index contributed by atoms with van der Waals surface area (Å²) < 4.78 is 0. The van der Waals surface area contributed by atoms with Crippen LogP contribution in [0.5, 0.6) is 0 Å². The highest BCUT2D eigenvalue weighted by Gasteiger charge is 2.05. The molecule has 0 aliphatic rings. The summed E-state index contributed by atoms with van der Waals surface area (Å²) in [6, 6.07) is 7.07. The Bertz CT molecular complexity index is 499. The maximum atomic E-state index is 10.6. The Morgan fingerprint density at radius 2 is 2.00 bits per heavy atom. The molecule has 0 bridgehead atoms. The van der Waals surface area contributed by atoms with Gasteiger partial charge in [0.1, 0.15) is 12.0 Å². The lowest BCUT2D eigenvalue weighted by molar-refractivity contribution is 0.112. The molecular weight excluding hydrogens is 212 g/mol. The fourth-order valence-electron chi connectivity index (χ4n) is 1.27. The Morgan fingerprint density at radius 1 is 1.20 bits per heavy atom. The summed E-state index contributed by atoms with van der Waals surface area (Å²) in [5.41, 5.74) is 1.97. The molecule has 4 heteroatoms. The van der Waals surface area contributed by atoms with E-state index in [2.05, 4.69) is 9.97 Å². The second-order valence-corrected chi connectivity index (χ2v) is 3.30. The maximum absolute atomic E-state index is 10.6. The zero-order valence-electron chi connectivity index (χ0n) is 7.72. The van der Waals surface area contributed by atoms with E-state index >= 15 is 0 Å². The standard InChI is InChI=1S/C11H7ClN2O/c12-11-10(13-4-5-14-11)9-3-1-2-8(6-9)7-15/h1-7H. The smallest absolute Gasteiger partial charge is 0.155 e. The lowest BCUT2D eigenvalue weighted by Gasteiger charge is -2.02. The average molecular weight is 219 g/mol. The largest absolute Gasteiger partial charge is 0.298 e. The Balaban J connectivity index is 2.54. The Kier molecular flexibility index (Phi) is 2.74. The number of aldehydes is 1. The van der Waals surface area contributed by atoms with E-state index in [0.29, 0.717) is 16.4 Å². The molecule has 2 aromatic rings. The molecule has 0 atom stereocenters. The number of benzene rings is 1. The first kappa shape index (κ1) is 9.80. The highest BCUT2D eigenvalue weighted by atomic mass is 35.5. The number of aromatic nitrogens is 2. The average Bonchev–Trinajstić information content (AvgIpc) is 2.30. The van der Waals surface area contributed by atoms with E-state index in [9.17, 15) is 4.79 Å². The predicted molar refractivity (Wildman–Crippen MR) is 57.9 cm³/mol. The summed E-state index contributed by atoms with van der Waals surface area (Å²) in [4.78, 5) is 18.6. The Hall–Kier alpha value is -1.74. The predicted octanol–water partition coefficient (Wildman–Crippen LogP) is 2.61. The number of hydrogen-bond donors (Lipinski definition) is 0. The van der Waals surface area contributed by atoms with Gasteiger partial charge in [-0.15, -0.1) is 0 Å². The van der Waals surface area contributed by atoms with Crippen molar-refractivity contribution in [3.63, 3.8) is 0 Å². The van der Waals surface area contributed by atoms with Gasteiger partial charge in [-0.3, -0.25) is 9.78 Å². The molecule has 0 aliphatic heterocycles. The third-order valence-electron chi connectivity index (χ3n) is 1.95. The highest BCUT2D eigenvalue weighted by Crippen LogP contribution is 2.23. The third-order valence-corrected chi connectivity index (χ3v) is 2.23. The Morgan fingerprint density at radius 3 is 2.73 bits per heavy atom. The lowest BCUT2D eigenvalue weighted by atomic mass is 10.1. The zero-order chi connectivity index (χ0) is 10.7. The maximum Gasteiger partial charge on any atom is 0.155 e. The quantitative estimate of drug-likeness (QED) is 0.728. The van der Waals surface area contributed by atoms with Crippen molar-refractivity contribution >= 4 is 17.9 Å². The molecule has 0 fully saturated rings. The van der Waals surface area contributed by atoms with Crippen LogP contribution in [0.15, 0.2) is 36.7 Å². The van der Waals surface area contributed by atoms with Gasteiger partial charge in [-0.1, -0.05) is 29.8 Å². The molecule has 0 saturated heterocycles. The summed E-state index contributed by atoms with van der Waals surface area (Å²) in [5, 5.41) is 0.334. The fraction of sp³-hybridized carbons (Fsp3) is 0. The van der Waals surface area contributed by atoms with Crippen LogP contribution in [0.25, 0.3) is 11.3 Å². The van der Waals surface area contributed by atoms with Gasteiger partial charge in [-0.05, 0) is 6.07 Å². The number of carbonyl (C=O) groups is 1. The van der Waals surface area contributed by atoms with Gasteiger partial charge in [-0.25, -0.2) is 4.98 Å². The van der Waals surface area contributed by atoms with E-state index in [1.54, 1.807) is 24.4 Å². The van der Waals surface area contributed by atoms with Crippen molar-refractivity contribution in [2.75, 3.05) is 0 Å². The van der Waals surface area contributed by atoms with Gasteiger partial charge >= 0.3 is 0 Å². The molecule has 0 unspecified atom stereocenters. The zero-order valence-corrected chi connectivity index (χ0v) is 8.48. The van der Waals surface area contributed by atoms with Crippen LogP contribution in [0.3, 0.4) is 0 Å². The van der Waals surface area contributed by atoms with E-state index < -0.39 is 0 Å². The fourth-order valence-corrected chi connectivity index (χ4v) is 1.49. The van der Waals surface area contributed by atoms with Crippen LogP contribution in [0.1, 0.15) is 10.4 Å². The van der Waals surface area contributed by atoms with Crippen molar-refractivity contribution in [3.05, 3.63) is 47.4 Å². The molecule has 0 N–H and O–H groups in total. The van der Waals surface area contributed by atoms with Crippen molar-refractivity contribution in [2.45, 2.75) is 0 Å². The number of rotatable bonds is 2. The first-order chi connectivity index (χ1) is 7.31. The molecule has 74 valence electrons. The van der Waals surface area contributed by atoms with Crippen LogP contribution in [-0.2, 0) is 0 Å². The topological polar surface area (TPSA) is 42.9 Å². The molecule has 3 nitrogen and oxygen atoms in total. The van der Waals surface area contributed by atoms with Crippen LogP contribution in [0.4, 0.5) is 0 Å². The molecule has 0 radical (unpaired) electrons. The monoisotopic (exact) mass is 218 g/mol. The number of halogens is 1. The van der Waals surface area contributed by atoms with Crippen molar-refractivity contribution in [2.24, 2.45) is 0 Å². The molecule has 1 aromatic carbocycles. The van der Waals surface area contributed by atoms with E-state index in [1.165, 1.54) is 6.20 Å². The van der Waals surface area contributed by atoms with Gasteiger partial charge in [-0.2, -0.15) is 0 Å². The van der Waals surface area contributed by atoms with Crippen LogP contribution in [0, 0.1) is 0 Å². The minimum atomic E-state index is 0.334. The van der Waals surface area contributed by atoms with Crippen molar-refractivity contribution < 1.29 is 4.79 Å². The highest BCUT2D eigenvalue weighted by molar-refractivity contribution is 6.31. The third kappa shape index (κ3) is 2.02. The van der Waals surface area contributed by atoms with Gasteiger partial charge in [0.15, 0.2) is 5.15 Å². The molecule has 0 saturated carbocycles. The van der Waals surface area contributed by atoms with E-state index in [4.69, 9.17) is 11.6 Å². The van der Waals surface area contributed by atoms with Crippen LogP contribution >= 0.6 is 11.6 Å². The summed E-state index contributed by atoms with van der Waals surface area (Å²) in [6.45, 7) is 0.